The van der Waals surface area contributed by atoms with E-state index in [0.29, 0.717) is 38.9 Å². The van der Waals surface area contributed by atoms with Crippen molar-refractivity contribution in [3.05, 3.63) is 35.8 Å². The monoisotopic (exact) mass is 450 g/mol. The average Bonchev–Trinajstić information content (AvgIpc) is 3.40. The lowest BCUT2D eigenvalue weighted by molar-refractivity contribution is -0.150. The molecule has 9 heteroatoms. The number of amides is 1. The molecule has 2 fully saturated rings. The summed E-state index contributed by atoms with van der Waals surface area (Å²) in [5, 5.41) is 3.67. The molecule has 1 amide bonds. The van der Waals surface area contributed by atoms with E-state index in [1.54, 1.807) is 6.20 Å². The third kappa shape index (κ3) is 3.47. The van der Waals surface area contributed by atoms with Gasteiger partial charge in [-0.2, -0.15) is 0 Å². The molecule has 33 heavy (non-hydrogen) atoms. The summed E-state index contributed by atoms with van der Waals surface area (Å²) in [5.74, 6) is 1.15. The summed E-state index contributed by atoms with van der Waals surface area (Å²) < 4.78 is 24.0. The topological polar surface area (TPSA) is 108 Å². The molecule has 172 valence electrons. The van der Waals surface area contributed by atoms with Crippen molar-refractivity contribution >= 4 is 22.6 Å². The molecule has 3 aromatic heterocycles. The second-order valence-electron chi connectivity index (χ2n) is 9.27. The van der Waals surface area contributed by atoms with Crippen LogP contribution in [0.25, 0.3) is 22.2 Å². The number of carbonyl (C=O) groups is 1. The maximum Gasteiger partial charge on any atom is 0.222 e. The molecule has 0 aromatic carbocycles. The summed E-state index contributed by atoms with van der Waals surface area (Å²) in [6, 6.07) is 3.87. The molecule has 6 rings (SSSR count). The molecule has 6 heterocycles. The Bertz CT molecular complexity index is 1240. The van der Waals surface area contributed by atoms with E-state index >= 15 is 0 Å². The fourth-order valence-corrected chi connectivity index (χ4v) is 4.85. The molecule has 1 atom stereocenters. The van der Waals surface area contributed by atoms with Crippen LogP contribution in [-0.2, 0) is 31.0 Å². The Morgan fingerprint density at radius 3 is 2.82 bits per heavy atom. The highest BCUT2D eigenvalue weighted by Crippen LogP contribution is 2.44. The Morgan fingerprint density at radius 1 is 1.21 bits per heavy atom. The third-order valence-electron chi connectivity index (χ3n) is 6.55. The standard InChI is InChI=1S/C24H26N4O5/c1-14(29)27-21-7-16-17(9-25-19(16)10-26-21)18-8-20(33-23(2)11-31-12-23)15-3-5-32-24(22(15)28-18)4-6-30-13-24/h7-10,25H,3-6,11-13H2,1-2H3,(H,26,27,29). The van der Waals surface area contributed by atoms with Gasteiger partial charge in [0.15, 0.2) is 5.60 Å². The Kier molecular flexibility index (Phi) is 4.69. The molecule has 0 aliphatic carbocycles. The molecule has 3 aliphatic rings. The number of H-pyrrole nitrogens is 1. The number of carbonyl (C=O) groups excluding carboxylic acids is 1. The zero-order chi connectivity index (χ0) is 22.6. The van der Waals surface area contributed by atoms with Crippen molar-refractivity contribution in [2.75, 3.05) is 38.4 Å². The number of aromatic amines is 1. The van der Waals surface area contributed by atoms with Crippen molar-refractivity contribution in [2.45, 2.75) is 37.9 Å². The lowest BCUT2D eigenvalue weighted by atomic mass is 9.88. The first kappa shape index (κ1) is 20.6. The van der Waals surface area contributed by atoms with Crippen LogP contribution >= 0.6 is 0 Å². The van der Waals surface area contributed by atoms with Crippen LogP contribution in [0.2, 0.25) is 0 Å². The van der Waals surface area contributed by atoms with Crippen LogP contribution in [0.15, 0.2) is 24.5 Å². The second-order valence-corrected chi connectivity index (χ2v) is 9.27. The number of aromatic nitrogens is 3. The summed E-state index contributed by atoms with van der Waals surface area (Å²) in [6.07, 6.45) is 5.13. The van der Waals surface area contributed by atoms with Crippen molar-refractivity contribution < 1.29 is 23.7 Å². The van der Waals surface area contributed by atoms with Crippen molar-refractivity contribution in [3.63, 3.8) is 0 Å². The van der Waals surface area contributed by atoms with E-state index in [-0.39, 0.29) is 11.5 Å². The predicted octanol–water partition coefficient (Wildman–Crippen LogP) is 2.94. The molecule has 9 nitrogen and oxygen atoms in total. The van der Waals surface area contributed by atoms with Crippen molar-refractivity contribution in [3.8, 4) is 17.0 Å². The number of pyridine rings is 2. The van der Waals surface area contributed by atoms with E-state index in [2.05, 4.69) is 22.2 Å². The van der Waals surface area contributed by atoms with E-state index in [1.807, 2.05) is 18.3 Å². The molecular weight excluding hydrogens is 424 g/mol. The van der Waals surface area contributed by atoms with Gasteiger partial charge in [0.25, 0.3) is 0 Å². The van der Waals surface area contributed by atoms with Gasteiger partial charge >= 0.3 is 0 Å². The predicted molar refractivity (Wildman–Crippen MR) is 120 cm³/mol. The van der Waals surface area contributed by atoms with E-state index < -0.39 is 5.60 Å². The van der Waals surface area contributed by atoms with Crippen LogP contribution in [0.4, 0.5) is 5.82 Å². The largest absolute Gasteiger partial charge is 0.482 e. The molecule has 3 aliphatic heterocycles. The summed E-state index contributed by atoms with van der Waals surface area (Å²) in [4.78, 5) is 24.2. The second kappa shape index (κ2) is 7.51. The fourth-order valence-electron chi connectivity index (χ4n) is 4.85. The first-order valence-corrected chi connectivity index (χ1v) is 11.2. The van der Waals surface area contributed by atoms with Crippen molar-refractivity contribution in [1.29, 1.82) is 0 Å². The van der Waals surface area contributed by atoms with Gasteiger partial charge in [0.2, 0.25) is 5.91 Å². The number of hydrogen-bond donors (Lipinski definition) is 2. The molecular formula is C24H26N4O5. The van der Waals surface area contributed by atoms with Gasteiger partial charge in [-0.15, -0.1) is 0 Å². The van der Waals surface area contributed by atoms with Gasteiger partial charge in [-0.3, -0.25) is 4.79 Å². The van der Waals surface area contributed by atoms with E-state index in [9.17, 15) is 4.79 Å². The van der Waals surface area contributed by atoms with Gasteiger partial charge in [0.05, 0.1) is 49.5 Å². The quantitative estimate of drug-likeness (QED) is 0.629. The molecule has 3 aromatic rings. The SMILES string of the molecule is CC(=O)Nc1cc2c(-c3cc(OC4(C)COC4)c4c(n3)C3(CCOC3)OCC4)c[nH]c2cn1. The van der Waals surface area contributed by atoms with Gasteiger partial charge < -0.3 is 29.2 Å². The Hall–Kier alpha value is -3.01. The average molecular weight is 450 g/mol. The lowest BCUT2D eigenvalue weighted by Gasteiger charge is -2.40. The smallest absolute Gasteiger partial charge is 0.222 e. The molecule has 2 N–H and O–H groups in total. The van der Waals surface area contributed by atoms with Crippen molar-refractivity contribution in [2.24, 2.45) is 0 Å². The van der Waals surface area contributed by atoms with Crippen LogP contribution in [0, 0.1) is 0 Å². The van der Waals surface area contributed by atoms with Crippen LogP contribution in [0.3, 0.4) is 0 Å². The normalized spacial score (nSPS) is 23.3. The molecule has 2 saturated heterocycles. The van der Waals surface area contributed by atoms with Gasteiger partial charge in [-0.25, -0.2) is 9.97 Å². The molecule has 0 bridgehead atoms. The molecule has 1 spiro atoms. The number of hydrogen-bond acceptors (Lipinski definition) is 7. The summed E-state index contributed by atoms with van der Waals surface area (Å²) in [5.41, 5.74) is 3.62. The van der Waals surface area contributed by atoms with Gasteiger partial charge in [0.1, 0.15) is 17.2 Å². The highest BCUT2D eigenvalue weighted by Gasteiger charge is 2.45. The molecule has 0 saturated carbocycles. The first-order chi connectivity index (χ1) is 15.9. The van der Waals surface area contributed by atoms with Crippen LogP contribution in [0.5, 0.6) is 5.75 Å². The number of nitrogens with zero attached hydrogens (tertiary/aromatic N) is 2. The molecule has 0 radical (unpaired) electrons. The van der Waals surface area contributed by atoms with Gasteiger partial charge in [-0.05, 0) is 13.0 Å². The van der Waals surface area contributed by atoms with Crippen LogP contribution < -0.4 is 10.1 Å². The Labute approximate surface area is 190 Å². The van der Waals surface area contributed by atoms with Gasteiger partial charge in [0, 0.05) is 55.1 Å². The van der Waals surface area contributed by atoms with Crippen LogP contribution in [0.1, 0.15) is 31.5 Å². The number of nitrogens with one attached hydrogen (secondary N) is 2. The first-order valence-electron chi connectivity index (χ1n) is 11.2. The molecule has 1 unspecified atom stereocenters. The summed E-state index contributed by atoms with van der Waals surface area (Å²) in [6.45, 7) is 6.39. The number of rotatable bonds is 4. The Morgan fingerprint density at radius 2 is 2.09 bits per heavy atom. The number of anilines is 1. The maximum absolute atomic E-state index is 11.5. The minimum atomic E-state index is -0.548. The van der Waals surface area contributed by atoms with Crippen molar-refractivity contribution in [1.82, 2.24) is 15.0 Å². The fraction of sp³-hybridized carbons (Fsp3) is 0.458. The zero-order valence-corrected chi connectivity index (χ0v) is 18.7. The zero-order valence-electron chi connectivity index (χ0n) is 18.7. The van der Waals surface area contributed by atoms with E-state index in [0.717, 1.165) is 52.0 Å². The number of ether oxygens (including phenoxy) is 4. The summed E-state index contributed by atoms with van der Waals surface area (Å²) in [7, 11) is 0. The number of fused-ring (bicyclic) bond motifs is 3. The maximum atomic E-state index is 11.5. The third-order valence-corrected chi connectivity index (χ3v) is 6.55. The van der Waals surface area contributed by atoms with Crippen LogP contribution in [-0.4, -0.2) is 59.5 Å². The highest BCUT2D eigenvalue weighted by atomic mass is 16.6. The Balaban J connectivity index is 1.51. The highest BCUT2D eigenvalue weighted by molar-refractivity contribution is 5.97. The van der Waals surface area contributed by atoms with E-state index in [4.69, 9.17) is 23.9 Å². The lowest BCUT2D eigenvalue weighted by Crippen LogP contribution is -2.52. The minimum absolute atomic E-state index is 0.169. The van der Waals surface area contributed by atoms with E-state index in [1.165, 1.54) is 6.92 Å². The van der Waals surface area contributed by atoms with Gasteiger partial charge in [-0.1, -0.05) is 0 Å². The minimum Gasteiger partial charge on any atom is -0.482 e. The summed E-state index contributed by atoms with van der Waals surface area (Å²) >= 11 is 0.